The highest BCUT2D eigenvalue weighted by atomic mass is 35.5. The van der Waals surface area contributed by atoms with E-state index in [0.717, 1.165) is 12.0 Å². The summed E-state index contributed by atoms with van der Waals surface area (Å²) >= 11 is 0. The number of sulfonamides is 1. The Kier molecular flexibility index (Phi) is 7.18. The summed E-state index contributed by atoms with van der Waals surface area (Å²) in [4.78, 5) is 14.1. The minimum atomic E-state index is -3.72. The van der Waals surface area contributed by atoms with Gasteiger partial charge in [0.15, 0.2) is 0 Å². The van der Waals surface area contributed by atoms with Crippen LogP contribution in [0.2, 0.25) is 0 Å². The molecule has 9 heteroatoms. The molecule has 1 heterocycles. The fourth-order valence-corrected chi connectivity index (χ4v) is 3.15. The number of rotatable bonds is 5. The first-order valence-corrected chi connectivity index (χ1v) is 9.03. The van der Waals surface area contributed by atoms with Crippen LogP contribution >= 0.6 is 12.4 Å². The van der Waals surface area contributed by atoms with E-state index >= 15 is 0 Å². The van der Waals surface area contributed by atoms with Crippen LogP contribution in [0, 0.1) is 0 Å². The van der Waals surface area contributed by atoms with Gasteiger partial charge in [-0.15, -0.1) is 12.4 Å². The maximum Gasteiger partial charge on any atom is 0.251 e. The normalized spacial score (nSPS) is 21.8. The summed E-state index contributed by atoms with van der Waals surface area (Å²) in [7, 11) is -2.01. The molecule has 1 aromatic carbocycles. The highest BCUT2D eigenvalue weighted by molar-refractivity contribution is 7.89. The van der Waals surface area contributed by atoms with Crippen molar-refractivity contribution in [3.8, 4) is 0 Å². The lowest BCUT2D eigenvalue weighted by Gasteiger charge is -2.28. The molecule has 7 nitrogen and oxygen atoms in total. The van der Waals surface area contributed by atoms with E-state index in [1.54, 1.807) is 24.1 Å². The number of ether oxygens (including phenoxy) is 1. The third-order valence-corrected chi connectivity index (χ3v) is 5.19. The fourth-order valence-electron chi connectivity index (χ4n) is 2.64. The van der Waals surface area contributed by atoms with Crippen LogP contribution in [0.1, 0.15) is 31.4 Å². The molecule has 1 saturated heterocycles. The molecule has 0 aliphatic carbocycles. The predicted molar refractivity (Wildman–Crippen MR) is 93.2 cm³/mol. The van der Waals surface area contributed by atoms with Gasteiger partial charge in [0.1, 0.15) is 6.10 Å². The molecule has 136 valence electrons. The standard InChI is InChI=1S/C15H23N3O4S.ClH/c1-10(11-3-6-13(7-4-11)23(17,20)21)18(2)15(19)14-8-5-12(9-16)22-14;/h3-4,6-7,10,12,14H,5,8-9,16H2,1-2H3,(H2,17,20,21);1H/t10?,12-,14+;/m1./s1. The topological polar surface area (TPSA) is 116 Å². The first-order valence-electron chi connectivity index (χ1n) is 7.49. The molecule has 4 N–H and O–H groups in total. The van der Waals surface area contributed by atoms with Crippen molar-refractivity contribution >= 4 is 28.3 Å². The molecule has 0 radical (unpaired) electrons. The number of benzene rings is 1. The summed E-state index contributed by atoms with van der Waals surface area (Å²) in [5.74, 6) is -0.0935. The first kappa shape index (κ1) is 20.9. The summed E-state index contributed by atoms with van der Waals surface area (Å²) in [6.45, 7) is 2.29. The van der Waals surface area contributed by atoms with Crippen LogP contribution < -0.4 is 10.9 Å². The van der Waals surface area contributed by atoms with Crippen LogP contribution in [0.15, 0.2) is 29.2 Å². The van der Waals surface area contributed by atoms with Gasteiger partial charge in [-0.25, -0.2) is 13.6 Å². The van der Waals surface area contributed by atoms with Crippen molar-refractivity contribution < 1.29 is 17.9 Å². The van der Waals surface area contributed by atoms with Gasteiger partial charge in [-0.3, -0.25) is 4.79 Å². The van der Waals surface area contributed by atoms with E-state index in [1.165, 1.54) is 12.1 Å². The Morgan fingerprint density at radius 2 is 1.92 bits per heavy atom. The minimum Gasteiger partial charge on any atom is -0.364 e. The van der Waals surface area contributed by atoms with Crippen LogP contribution in [-0.4, -0.2) is 45.0 Å². The van der Waals surface area contributed by atoms with Gasteiger partial charge in [-0.05, 0) is 37.5 Å². The van der Waals surface area contributed by atoms with Gasteiger partial charge in [-0.1, -0.05) is 12.1 Å². The zero-order valence-corrected chi connectivity index (χ0v) is 15.3. The zero-order chi connectivity index (χ0) is 17.2. The summed E-state index contributed by atoms with van der Waals surface area (Å²) in [5, 5.41) is 5.08. The van der Waals surface area contributed by atoms with Crippen LogP contribution in [-0.2, 0) is 19.6 Å². The average molecular weight is 378 g/mol. The number of hydrogen-bond donors (Lipinski definition) is 2. The fraction of sp³-hybridized carbons (Fsp3) is 0.533. The molecule has 0 aromatic heterocycles. The first-order chi connectivity index (χ1) is 10.7. The Bertz CT molecular complexity index is 666. The third kappa shape index (κ3) is 4.67. The van der Waals surface area contributed by atoms with Gasteiger partial charge in [-0.2, -0.15) is 0 Å². The molecule has 0 spiro atoms. The van der Waals surface area contributed by atoms with Crippen molar-refractivity contribution in [3.05, 3.63) is 29.8 Å². The Morgan fingerprint density at radius 3 is 2.38 bits per heavy atom. The van der Waals surface area contributed by atoms with E-state index in [0.29, 0.717) is 13.0 Å². The number of carbonyl (C=O) groups is 1. The SMILES string of the molecule is CC(c1ccc(S(N)(=O)=O)cc1)N(C)C(=O)[C@@H]1CC[C@H](CN)O1.Cl. The molecule has 24 heavy (non-hydrogen) atoms. The molecule has 1 aliphatic heterocycles. The van der Waals surface area contributed by atoms with Crippen molar-refractivity contribution in [2.75, 3.05) is 13.6 Å². The molecule has 1 fully saturated rings. The monoisotopic (exact) mass is 377 g/mol. The van der Waals surface area contributed by atoms with Crippen molar-refractivity contribution in [2.45, 2.75) is 42.9 Å². The van der Waals surface area contributed by atoms with Crippen LogP contribution in [0.4, 0.5) is 0 Å². The van der Waals surface area contributed by atoms with E-state index in [1.807, 2.05) is 6.92 Å². The number of halogens is 1. The molecule has 1 aromatic rings. The Morgan fingerprint density at radius 1 is 1.33 bits per heavy atom. The van der Waals surface area contributed by atoms with Crippen molar-refractivity contribution in [1.29, 1.82) is 0 Å². The number of carbonyl (C=O) groups excluding carboxylic acids is 1. The van der Waals surface area contributed by atoms with E-state index in [9.17, 15) is 13.2 Å². The van der Waals surface area contributed by atoms with E-state index < -0.39 is 16.1 Å². The maximum absolute atomic E-state index is 12.5. The summed E-state index contributed by atoms with van der Waals surface area (Å²) in [5.41, 5.74) is 6.38. The van der Waals surface area contributed by atoms with Gasteiger partial charge in [0.25, 0.3) is 5.91 Å². The quantitative estimate of drug-likeness (QED) is 0.786. The van der Waals surface area contributed by atoms with E-state index in [4.69, 9.17) is 15.6 Å². The number of primary sulfonamides is 1. The molecule has 3 atom stereocenters. The smallest absolute Gasteiger partial charge is 0.251 e. The van der Waals surface area contributed by atoms with Crippen molar-refractivity contribution in [3.63, 3.8) is 0 Å². The molecule has 1 aliphatic rings. The zero-order valence-electron chi connectivity index (χ0n) is 13.7. The van der Waals surface area contributed by atoms with E-state index in [-0.39, 0.29) is 35.4 Å². The molecular formula is C15H24ClN3O4S. The third-order valence-electron chi connectivity index (χ3n) is 4.27. The van der Waals surface area contributed by atoms with Gasteiger partial charge in [0.05, 0.1) is 17.0 Å². The Balaban J connectivity index is 0.00000288. The van der Waals surface area contributed by atoms with Gasteiger partial charge in [0.2, 0.25) is 10.0 Å². The lowest BCUT2D eigenvalue weighted by molar-refractivity contribution is -0.143. The van der Waals surface area contributed by atoms with Crippen molar-refractivity contribution in [1.82, 2.24) is 4.90 Å². The summed E-state index contributed by atoms with van der Waals surface area (Å²) in [6.07, 6.45) is 0.946. The van der Waals surface area contributed by atoms with Crippen LogP contribution in [0.3, 0.4) is 0 Å². The molecule has 0 bridgehead atoms. The largest absolute Gasteiger partial charge is 0.364 e. The highest BCUT2D eigenvalue weighted by Gasteiger charge is 2.33. The summed E-state index contributed by atoms with van der Waals surface area (Å²) in [6, 6.07) is 5.99. The Labute approximate surface area is 148 Å². The predicted octanol–water partition coefficient (Wildman–Crippen LogP) is 0.782. The van der Waals surface area contributed by atoms with Gasteiger partial charge < -0.3 is 15.4 Å². The maximum atomic E-state index is 12.5. The van der Waals surface area contributed by atoms with Crippen molar-refractivity contribution in [2.24, 2.45) is 10.9 Å². The Hall–Kier alpha value is -1.19. The van der Waals surface area contributed by atoms with Gasteiger partial charge >= 0.3 is 0 Å². The van der Waals surface area contributed by atoms with E-state index in [2.05, 4.69) is 0 Å². The number of hydrogen-bond acceptors (Lipinski definition) is 5. The average Bonchev–Trinajstić information content (AvgIpc) is 3.01. The highest BCUT2D eigenvalue weighted by Crippen LogP contribution is 2.25. The van der Waals surface area contributed by atoms with Gasteiger partial charge in [0, 0.05) is 13.6 Å². The number of likely N-dealkylation sites (N-methyl/N-ethyl adjacent to an activating group) is 1. The van der Waals surface area contributed by atoms with Crippen LogP contribution in [0.25, 0.3) is 0 Å². The molecule has 0 saturated carbocycles. The summed E-state index contributed by atoms with van der Waals surface area (Å²) < 4.78 is 28.2. The number of nitrogens with zero attached hydrogens (tertiary/aromatic N) is 1. The molecular weight excluding hydrogens is 354 g/mol. The number of nitrogens with two attached hydrogens (primary N) is 2. The second-order valence-electron chi connectivity index (χ2n) is 5.80. The second kappa shape index (κ2) is 8.26. The minimum absolute atomic E-state index is 0. The molecule has 1 unspecified atom stereocenters. The lowest BCUT2D eigenvalue weighted by atomic mass is 10.1. The number of amides is 1. The molecule has 2 rings (SSSR count). The second-order valence-corrected chi connectivity index (χ2v) is 7.36. The molecule has 1 amide bonds. The van der Waals surface area contributed by atoms with Crippen LogP contribution in [0.5, 0.6) is 0 Å². The lowest BCUT2D eigenvalue weighted by Crippen LogP contribution is -2.38.